The smallest absolute Gasteiger partial charge is 0.120 e. The number of aromatic nitrogens is 2. The number of aryl methyl sites for hydroxylation is 1. The van der Waals surface area contributed by atoms with Crippen LogP contribution in [0.25, 0.3) is 44.5 Å². The minimum absolute atomic E-state index is 0. The van der Waals surface area contributed by atoms with Crippen LogP contribution in [-0.2, 0) is 20.1 Å². The average Bonchev–Trinajstić information content (AvgIpc) is 3.29. The fourth-order valence-corrected chi connectivity index (χ4v) is 4.01. The monoisotopic (exact) mass is 647 g/mol. The first-order valence-electron chi connectivity index (χ1n) is 11.8. The first-order chi connectivity index (χ1) is 17.1. The van der Waals surface area contributed by atoms with Gasteiger partial charge < -0.3 is 14.4 Å². The molecule has 3 heterocycles. The zero-order chi connectivity index (χ0) is 24.2. The van der Waals surface area contributed by atoms with Gasteiger partial charge >= 0.3 is 0 Å². The Labute approximate surface area is 225 Å². The van der Waals surface area contributed by atoms with E-state index in [1.54, 1.807) is 6.20 Å². The molecule has 0 unspecified atom stereocenters. The third kappa shape index (κ3) is 5.46. The van der Waals surface area contributed by atoms with Crippen molar-refractivity contribution in [3.8, 4) is 22.5 Å². The number of fused-ring (bicyclic) bond motifs is 3. The molecule has 3 aromatic carbocycles. The summed E-state index contributed by atoms with van der Waals surface area (Å²) in [4.78, 5) is 8.77. The van der Waals surface area contributed by atoms with E-state index in [-0.39, 0.29) is 20.1 Å². The zero-order valence-electron chi connectivity index (χ0n) is 20.5. The summed E-state index contributed by atoms with van der Waals surface area (Å²) in [5.74, 6) is 0.469. The predicted molar refractivity (Wildman–Crippen MR) is 143 cm³/mol. The van der Waals surface area contributed by atoms with Crippen molar-refractivity contribution in [2.24, 2.45) is 0 Å². The molecule has 0 saturated carbocycles. The van der Waals surface area contributed by atoms with Gasteiger partial charge in [-0.3, -0.25) is 0 Å². The van der Waals surface area contributed by atoms with Crippen LogP contribution in [-0.4, -0.2) is 9.97 Å². The molecule has 0 spiro atoms. The van der Waals surface area contributed by atoms with Crippen LogP contribution in [0.15, 0.2) is 102 Å². The largest absolute Gasteiger partial charge is 0.501 e. The van der Waals surface area contributed by atoms with Crippen molar-refractivity contribution in [3.63, 3.8) is 0 Å². The predicted octanol–water partition coefficient (Wildman–Crippen LogP) is 8.43. The van der Waals surface area contributed by atoms with E-state index in [1.807, 2.05) is 60.8 Å². The Balaban J connectivity index is 0.000000187. The van der Waals surface area contributed by atoms with Crippen LogP contribution in [0, 0.1) is 19.1 Å². The van der Waals surface area contributed by atoms with Gasteiger partial charge in [0, 0.05) is 37.9 Å². The summed E-state index contributed by atoms with van der Waals surface area (Å²) < 4.78 is 6.07. The zero-order valence-corrected chi connectivity index (χ0v) is 22.8. The maximum atomic E-state index is 6.07. The van der Waals surface area contributed by atoms with Crippen LogP contribution < -0.4 is 0 Å². The Morgan fingerprint density at radius 2 is 1.58 bits per heavy atom. The fraction of sp³-hybridized carbons (Fsp3) is 0.125. The Bertz CT molecular complexity index is 1570. The molecule has 0 N–H and O–H groups in total. The van der Waals surface area contributed by atoms with Crippen molar-refractivity contribution in [1.29, 1.82) is 0 Å². The maximum absolute atomic E-state index is 6.07. The summed E-state index contributed by atoms with van der Waals surface area (Å²) in [6.45, 7) is 6.42. The van der Waals surface area contributed by atoms with Crippen LogP contribution in [0.5, 0.6) is 0 Å². The van der Waals surface area contributed by atoms with Crippen molar-refractivity contribution >= 4 is 21.9 Å². The number of para-hydroxylation sites is 1. The van der Waals surface area contributed by atoms with E-state index in [9.17, 15) is 0 Å². The number of hydrogen-bond donors (Lipinski definition) is 0. The van der Waals surface area contributed by atoms with Crippen molar-refractivity contribution in [2.75, 3.05) is 0 Å². The first-order valence-corrected chi connectivity index (χ1v) is 11.8. The van der Waals surface area contributed by atoms with Gasteiger partial charge in [-0.25, -0.2) is 0 Å². The van der Waals surface area contributed by atoms with E-state index in [0.717, 1.165) is 44.5 Å². The molecule has 0 fully saturated rings. The van der Waals surface area contributed by atoms with Gasteiger partial charge in [0.2, 0.25) is 0 Å². The quantitative estimate of drug-likeness (QED) is 0.181. The van der Waals surface area contributed by atoms with Crippen molar-refractivity contribution < 1.29 is 24.5 Å². The maximum Gasteiger partial charge on any atom is 0.120 e. The number of nitrogens with zero attached hydrogens (tertiary/aromatic N) is 2. The second kappa shape index (κ2) is 11.4. The molecular weight excluding hydrogens is 621 g/mol. The van der Waals surface area contributed by atoms with Gasteiger partial charge in [0.05, 0.1) is 5.58 Å². The topological polar surface area (TPSA) is 38.9 Å². The molecule has 1 radical (unpaired) electrons. The van der Waals surface area contributed by atoms with Crippen molar-refractivity contribution in [3.05, 3.63) is 121 Å². The molecule has 3 aromatic heterocycles. The first kappa shape index (κ1) is 25.5. The number of furan rings is 1. The average molecular weight is 647 g/mol. The third-order valence-electron chi connectivity index (χ3n) is 5.95. The summed E-state index contributed by atoms with van der Waals surface area (Å²) in [6.07, 6.45) is 3.66. The van der Waals surface area contributed by atoms with E-state index in [2.05, 4.69) is 73.2 Å². The van der Waals surface area contributed by atoms with E-state index < -0.39 is 0 Å². The van der Waals surface area contributed by atoms with Gasteiger partial charge in [0.15, 0.2) is 0 Å². The molecule has 3 nitrogen and oxygen atoms in total. The van der Waals surface area contributed by atoms with E-state index in [4.69, 9.17) is 4.42 Å². The van der Waals surface area contributed by atoms with Gasteiger partial charge in [-0.15, -0.1) is 53.6 Å². The van der Waals surface area contributed by atoms with E-state index in [1.165, 1.54) is 11.1 Å². The summed E-state index contributed by atoms with van der Waals surface area (Å²) in [6, 6.07) is 34.8. The molecule has 0 amide bonds. The van der Waals surface area contributed by atoms with Gasteiger partial charge in [0.25, 0.3) is 0 Å². The van der Waals surface area contributed by atoms with Crippen LogP contribution in [0.4, 0.5) is 0 Å². The summed E-state index contributed by atoms with van der Waals surface area (Å²) in [5, 5.41) is 2.24. The molecule has 0 bridgehead atoms. The Hall–Kier alpha value is -3.59. The summed E-state index contributed by atoms with van der Waals surface area (Å²) >= 11 is 0. The minimum Gasteiger partial charge on any atom is -0.501 e. The standard InChI is InChI=1S/C20H16NO.C12H10N.Ir/c1-13(2)14-10-11-21-18(12-14)17-8-5-7-16-15-6-3-4-9-19(15)22-20(16)17;1-10-5-7-11(8-6-10)12-4-2-3-9-13-12;/h3-7,9-13H,1-2H3;2-7,9H,1H3;/q2*-1;. The number of hydrogen-bond acceptors (Lipinski definition) is 3. The Kier molecular flexibility index (Phi) is 8.10. The molecule has 181 valence electrons. The van der Waals surface area contributed by atoms with Crippen LogP contribution in [0.3, 0.4) is 0 Å². The molecule has 0 aliphatic carbocycles. The number of benzene rings is 3. The molecule has 0 aliphatic rings. The molecule has 6 aromatic rings. The second-order valence-electron chi connectivity index (χ2n) is 8.82. The van der Waals surface area contributed by atoms with E-state index >= 15 is 0 Å². The summed E-state index contributed by atoms with van der Waals surface area (Å²) in [5.41, 5.74) is 8.11. The normalized spacial score (nSPS) is 10.7. The molecule has 4 heteroatoms. The van der Waals surface area contributed by atoms with Crippen LogP contribution >= 0.6 is 0 Å². The molecular formula is C32H26IrN2O-2. The van der Waals surface area contributed by atoms with E-state index in [0.29, 0.717) is 5.92 Å². The molecule has 0 atom stereocenters. The van der Waals surface area contributed by atoms with Gasteiger partial charge in [-0.1, -0.05) is 73.7 Å². The third-order valence-corrected chi connectivity index (χ3v) is 5.95. The van der Waals surface area contributed by atoms with Gasteiger partial charge in [-0.05, 0) is 35.5 Å². The minimum atomic E-state index is 0. The van der Waals surface area contributed by atoms with Crippen LogP contribution in [0.1, 0.15) is 30.9 Å². The van der Waals surface area contributed by atoms with Crippen LogP contribution in [0.2, 0.25) is 0 Å². The number of pyridine rings is 2. The fourth-order valence-electron chi connectivity index (χ4n) is 4.01. The molecule has 0 aliphatic heterocycles. The number of rotatable bonds is 3. The Morgan fingerprint density at radius 1 is 0.778 bits per heavy atom. The molecule has 0 saturated heterocycles. The summed E-state index contributed by atoms with van der Waals surface area (Å²) in [7, 11) is 0. The van der Waals surface area contributed by atoms with Crippen molar-refractivity contribution in [1.82, 2.24) is 9.97 Å². The SMILES string of the molecule is CC(C)c1ccnc(-c2[c-]ccc3c2oc2ccccc23)c1.Cc1c[c-]c(-c2ccccn2)cc1.[Ir]. The van der Waals surface area contributed by atoms with Gasteiger partial charge in [-0.2, -0.15) is 0 Å². The molecule has 6 rings (SSSR count). The molecule has 36 heavy (non-hydrogen) atoms. The Morgan fingerprint density at radius 3 is 2.33 bits per heavy atom. The second-order valence-corrected chi connectivity index (χ2v) is 8.82. The van der Waals surface area contributed by atoms with Gasteiger partial charge in [0.1, 0.15) is 5.58 Å². The van der Waals surface area contributed by atoms with Crippen molar-refractivity contribution in [2.45, 2.75) is 26.7 Å².